The molecule has 0 aromatic rings. The lowest BCUT2D eigenvalue weighted by atomic mass is 10.2. The second-order valence-electron chi connectivity index (χ2n) is 2.09. The Morgan fingerprint density at radius 2 is 2.11 bits per heavy atom. The molecule has 0 radical (unpaired) electrons. The summed E-state index contributed by atoms with van der Waals surface area (Å²) < 4.78 is 0. The van der Waals surface area contributed by atoms with Gasteiger partial charge < -0.3 is 5.32 Å². The van der Waals surface area contributed by atoms with E-state index in [1.807, 2.05) is 0 Å². The van der Waals surface area contributed by atoms with Crippen LogP contribution in [0.15, 0.2) is 0 Å². The molecule has 0 aromatic heterocycles. The quantitative estimate of drug-likeness (QED) is 0.209. The molecule has 9 heavy (non-hydrogen) atoms. The van der Waals surface area contributed by atoms with Crippen LogP contribution in [0.25, 0.3) is 0 Å². The largest absolute Gasteiger partial charge is 0.303 e. The Kier molecular flexibility index (Phi) is 7.77. The van der Waals surface area contributed by atoms with E-state index in [0.717, 1.165) is 6.54 Å². The Balaban J connectivity index is 2.60. The molecule has 0 saturated carbocycles. The van der Waals surface area contributed by atoms with Crippen LogP contribution in [0.5, 0.6) is 0 Å². The molecule has 0 amide bonds. The lowest BCUT2D eigenvalue weighted by Crippen LogP contribution is -2.34. The molecule has 0 saturated heterocycles. The van der Waals surface area contributed by atoms with Crippen molar-refractivity contribution in [1.82, 2.24) is 10.7 Å². The zero-order chi connectivity index (χ0) is 6.95. The molecule has 3 nitrogen and oxygen atoms in total. The number of rotatable bonds is 6. The van der Waals surface area contributed by atoms with Crippen molar-refractivity contribution >= 4 is 0 Å². The minimum Gasteiger partial charge on any atom is -0.303 e. The monoisotopic (exact) mass is 131 g/mol. The molecule has 0 aliphatic heterocycles. The topological polar surface area (TPSA) is 50.1 Å². The first kappa shape index (κ1) is 8.88. The number of nitrogens with two attached hydrogens (primary N) is 1. The van der Waals surface area contributed by atoms with E-state index >= 15 is 0 Å². The van der Waals surface area contributed by atoms with Gasteiger partial charge in [-0.3, -0.25) is 5.84 Å². The Bertz CT molecular complexity index is 41.6. The van der Waals surface area contributed by atoms with Gasteiger partial charge in [-0.1, -0.05) is 19.8 Å². The summed E-state index contributed by atoms with van der Waals surface area (Å²) >= 11 is 0. The molecule has 0 rings (SSSR count). The smallest absolute Gasteiger partial charge is 0.0587 e. The predicted octanol–water partition coefficient (Wildman–Crippen LogP) is 0.187. The molecule has 0 aliphatic carbocycles. The molecule has 0 aliphatic rings. The first-order valence-corrected chi connectivity index (χ1v) is 3.56. The van der Waals surface area contributed by atoms with Crippen LogP contribution in [-0.4, -0.2) is 13.2 Å². The highest BCUT2D eigenvalue weighted by molar-refractivity contribution is 4.42. The maximum atomic E-state index is 5.03. The Morgan fingerprint density at radius 3 is 2.67 bits per heavy atom. The third-order valence-electron chi connectivity index (χ3n) is 1.18. The number of hydrogen-bond acceptors (Lipinski definition) is 3. The minimum absolute atomic E-state index is 0.712. The normalized spacial score (nSPS) is 10.0. The fourth-order valence-corrected chi connectivity index (χ4v) is 0.661. The predicted molar refractivity (Wildman–Crippen MR) is 39.7 cm³/mol. The average molecular weight is 131 g/mol. The van der Waals surface area contributed by atoms with Gasteiger partial charge in [0.05, 0.1) is 6.67 Å². The molecule has 0 fully saturated rings. The average Bonchev–Trinajstić information content (AvgIpc) is 1.89. The van der Waals surface area contributed by atoms with Crippen LogP contribution in [0.2, 0.25) is 0 Å². The van der Waals surface area contributed by atoms with E-state index in [1.165, 1.54) is 19.3 Å². The van der Waals surface area contributed by atoms with E-state index in [-0.39, 0.29) is 0 Å². The molecule has 0 bridgehead atoms. The van der Waals surface area contributed by atoms with Gasteiger partial charge in [-0.05, 0) is 13.0 Å². The van der Waals surface area contributed by atoms with Crippen LogP contribution in [0, 0.1) is 0 Å². The molecule has 0 heterocycles. The van der Waals surface area contributed by atoms with E-state index in [1.54, 1.807) is 0 Å². The zero-order valence-electron chi connectivity index (χ0n) is 6.11. The third kappa shape index (κ3) is 7.88. The van der Waals surface area contributed by atoms with Crippen molar-refractivity contribution in [3.05, 3.63) is 0 Å². The summed E-state index contributed by atoms with van der Waals surface area (Å²) in [5.74, 6) is 5.03. The van der Waals surface area contributed by atoms with Gasteiger partial charge in [0.25, 0.3) is 0 Å². The number of nitrogens with one attached hydrogen (secondary N) is 2. The Morgan fingerprint density at radius 1 is 1.33 bits per heavy atom. The highest BCUT2D eigenvalue weighted by Gasteiger charge is 1.83. The van der Waals surface area contributed by atoms with E-state index in [9.17, 15) is 0 Å². The van der Waals surface area contributed by atoms with Crippen molar-refractivity contribution in [2.45, 2.75) is 26.2 Å². The third-order valence-corrected chi connectivity index (χ3v) is 1.18. The first-order valence-electron chi connectivity index (χ1n) is 3.56. The molecule has 0 atom stereocenters. The van der Waals surface area contributed by atoms with Gasteiger partial charge in [0, 0.05) is 0 Å². The maximum absolute atomic E-state index is 5.03. The Labute approximate surface area is 57.0 Å². The van der Waals surface area contributed by atoms with Gasteiger partial charge in [0.15, 0.2) is 0 Å². The standard InChI is InChI=1S/C6H17N3/c1-2-3-4-5-8-6-9-7/h8-9H,2-7H2,1H3. The summed E-state index contributed by atoms with van der Waals surface area (Å²) in [6, 6.07) is 0. The molecule has 0 unspecified atom stereocenters. The molecule has 56 valence electrons. The molecular formula is C6H17N3. The second kappa shape index (κ2) is 7.88. The molecule has 0 aromatic carbocycles. The Hall–Kier alpha value is -0.120. The van der Waals surface area contributed by atoms with E-state index in [0.29, 0.717) is 6.67 Å². The maximum Gasteiger partial charge on any atom is 0.0587 e. The molecular weight excluding hydrogens is 114 g/mol. The van der Waals surface area contributed by atoms with Gasteiger partial charge in [-0.2, -0.15) is 0 Å². The fourth-order valence-electron chi connectivity index (χ4n) is 0.661. The second-order valence-corrected chi connectivity index (χ2v) is 2.09. The summed E-state index contributed by atoms with van der Waals surface area (Å²) in [4.78, 5) is 0. The van der Waals surface area contributed by atoms with Crippen LogP contribution in [-0.2, 0) is 0 Å². The first-order chi connectivity index (χ1) is 4.41. The van der Waals surface area contributed by atoms with Gasteiger partial charge in [0.1, 0.15) is 0 Å². The van der Waals surface area contributed by atoms with Gasteiger partial charge in [-0.25, -0.2) is 5.43 Å². The van der Waals surface area contributed by atoms with Crippen molar-refractivity contribution in [1.29, 1.82) is 0 Å². The van der Waals surface area contributed by atoms with Crippen molar-refractivity contribution in [2.24, 2.45) is 5.84 Å². The van der Waals surface area contributed by atoms with E-state index in [4.69, 9.17) is 5.84 Å². The summed E-state index contributed by atoms with van der Waals surface area (Å²) in [7, 11) is 0. The summed E-state index contributed by atoms with van der Waals surface area (Å²) in [5.41, 5.74) is 2.53. The summed E-state index contributed by atoms with van der Waals surface area (Å²) in [6.45, 7) is 3.98. The minimum atomic E-state index is 0.712. The molecule has 0 spiro atoms. The van der Waals surface area contributed by atoms with Crippen LogP contribution in [0.4, 0.5) is 0 Å². The fraction of sp³-hybridized carbons (Fsp3) is 1.00. The van der Waals surface area contributed by atoms with Gasteiger partial charge in [-0.15, -0.1) is 0 Å². The van der Waals surface area contributed by atoms with Crippen molar-refractivity contribution in [3.8, 4) is 0 Å². The molecule has 3 heteroatoms. The van der Waals surface area contributed by atoms with Crippen LogP contribution >= 0.6 is 0 Å². The highest BCUT2D eigenvalue weighted by atomic mass is 15.3. The summed E-state index contributed by atoms with van der Waals surface area (Å²) in [6.07, 6.45) is 3.83. The van der Waals surface area contributed by atoms with E-state index in [2.05, 4.69) is 17.7 Å². The SMILES string of the molecule is CCCCCNCNN. The highest BCUT2D eigenvalue weighted by Crippen LogP contribution is 1.89. The van der Waals surface area contributed by atoms with Crippen LogP contribution in [0.1, 0.15) is 26.2 Å². The summed E-state index contributed by atoms with van der Waals surface area (Å²) in [5, 5.41) is 3.13. The molecule has 4 N–H and O–H groups in total. The number of unbranched alkanes of at least 4 members (excludes halogenated alkanes) is 2. The van der Waals surface area contributed by atoms with Crippen molar-refractivity contribution in [3.63, 3.8) is 0 Å². The van der Waals surface area contributed by atoms with E-state index < -0.39 is 0 Å². The van der Waals surface area contributed by atoms with Gasteiger partial charge in [0.2, 0.25) is 0 Å². The van der Waals surface area contributed by atoms with Crippen LogP contribution < -0.4 is 16.6 Å². The van der Waals surface area contributed by atoms with Gasteiger partial charge >= 0.3 is 0 Å². The lowest BCUT2D eigenvalue weighted by molar-refractivity contribution is 0.568. The zero-order valence-corrected chi connectivity index (χ0v) is 6.11. The lowest BCUT2D eigenvalue weighted by Gasteiger charge is -2.00. The van der Waals surface area contributed by atoms with Crippen molar-refractivity contribution in [2.75, 3.05) is 13.2 Å². The number of hydrazine groups is 1. The number of hydrogen-bond donors (Lipinski definition) is 3. The van der Waals surface area contributed by atoms with Crippen LogP contribution in [0.3, 0.4) is 0 Å². The van der Waals surface area contributed by atoms with Crippen molar-refractivity contribution < 1.29 is 0 Å².